The Hall–Kier alpha value is -2.24. The molecular weight excluding hydrogens is 378 g/mol. The Balaban J connectivity index is 1.35. The normalized spacial score (nSPS) is 22.0. The lowest BCUT2D eigenvalue weighted by Gasteiger charge is -2.34. The third-order valence-corrected chi connectivity index (χ3v) is 7.26. The summed E-state index contributed by atoms with van der Waals surface area (Å²) in [5.74, 6) is 1.36. The molecule has 2 N–H and O–H groups in total. The Morgan fingerprint density at radius 2 is 1.93 bits per heavy atom. The van der Waals surface area contributed by atoms with Gasteiger partial charge >= 0.3 is 0 Å². The van der Waals surface area contributed by atoms with Crippen LogP contribution in [0.1, 0.15) is 38.7 Å². The molecule has 4 nitrogen and oxygen atoms in total. The summed E-state index contributed by atoms with van der Waals surface area (Å²) in [4.78, 5) is 17.1. The largest absolute Gasteiger partial charge is 0.325 e. The van der Waals surface area contributed by atoms with Gasteiger partial charge in [-0.15, -0.1) is 11.3 Å². The molecule has 1 aliphatic carbocycles. The number of thiazole rings is 1. The highest BCUT2D eigenvalue weighted by Gasteiger charge is 2.26. The number of aromatic nitrogens is 1. The number of hydrogen-bond donors (Lipinski definition) is 2. The highest BCUT2D eigenvalue weighted by Crippen LogP contribution is 2.31. The van der Waals surface area contributed by atoms with Crippen molar-refractivity contribution in [2.24, 2.45) is 11.8 Å². The van der Waals surface area contributed by atoms with Crippen LogP contribution in [0.5, 0.6) is 0 Å². The van der Waals surface area contributed by atoms with Gasteiger partial charge in [-0.2, -0.15) is 0 Å². The Kier molecular flexibility index (Phi) is 5.97. The molecule has 1 aromatic heterocycles. The molecule has 3 aromatic rings. The molecule has 0 spiro atoms. The zero-order chi connectivity index (χ0) is 20.4. The minimum Gasteiger partial charge on any atom is -0.325 e. The number of fused-ring (bicyclic) bond motifs is 1. The van der Waals surface area contributed by atoms with Crippen molar-refractivity contribution in [2.45, 2.75) is 46.1 Å². The van der Waals surface area contributed by atoms with Crippen LogP contribution < -0.4 is 10.6 Å². The minimum atomic E-state index is 0.0126. The number of rotatable bonds is 5. The fourth-order valence-electron chi connectivity index (χ4n) is 4.15. The number of nitrogens with zero attached hydrogens (tertiary/aromatic N) is 1. The van der Waals surface area contributed by atoms with Gasteiger partial charge in [0.2, 0.25) is 5.91 Å². The van der Waals surface area contributed by atoms with Crippen LogP contribution >= 0.6 is 11.3 Å². The van der Waals surface area contributed by atoms with Crippen molar-refractivity contribution in [3.8, 4) is 10.6 Å². The van der Waals surface area contributed by atoms with Crippen molar-refractivity contribution in [3.05, 3.63) is 48.0 Å². The average Bonchev–Trinajstić information content (AvgIpc) is 3.13. The molecule has 2 aromatic carbocycles. The van der Waals surface area contributed by atoms with Crippen LogP contribution in [-0.4, -0.2) is 23.5 Å². The highest BCUT2D eigenvalue weighted by molar-refractivity contribution is 7.21. The second kappa shape index (κ2) is 8.64. The summed E-state index contributed by atoms with van der Waals surface area (Å²) < 4.78 is 1.20. The van der Waals surface area contributed by atoms with Crippen LogP contribution in [0.3, 0.4) is 0 Å². The van der Waals surface area contributed by atoms with Crippen LogP contribution in [-0.2, 0) is 4.79 Å². The van der Waals surface area contributed by atoms with Crippen molar-refractivity contribution >= 4 is 33.1 Å². The first kappa shape index (κ1) is 20.0. The molecule has 0 bridgehead atoms. The van der Waals surface area contributed by atoms with Gasteiger partial charge in [0, 0.05) is 17.3 Å². The summed E-state index contributed by atoms with van der Waals surface area (Å²) in [5.41, 5.74) is 4.18. The molecular formula is C24H29N3OS. The standard InChI is InChI=1S/C24H29N3OS/c1-15-7-12-21-22(13-15)29-24(27-21)18-8-10-19(11-9-18)26-23(28)14-25-20-6-4-5-16(2)17(20)3/h7-13,16-17,20,25H,4-6,14H2,1-3H3,(H,26,28). The second-order valence-electron chi connectivity index (χ2n) is 8.37. The number of anilines is 1. The molecule has 4 rings (SSSR count). The molecule has 1 heterocycles. The minimum absolute atomic E-state index is 0.0126. The SMILES string of the molecule is Cc1ccc2nc(-c3ccc(NC(=O)CNC4CCCC(C)C4C)cc3)sc2c1. The molecule has 152 valence electrons. The topological polar surface area (TPSA) is 54.0 Å². The molecule has 1 aliphatic rings. The maximum atomic E-state index is 12.4. The number of benzene rings is 2. The van der Waals surface area contributed by atoms with E-state index < -0.39 is 0 Å². The average molecular weight is 408 g/mol. The van der Waals surface area contributed by atoms with Gasteiger partial charge in [0.1, 0.15) is 5.01 Å². The first-order valence-corrected chi connectivity index (χ1v) is 11.3. The summed E-state index contributed by atoms with van der Waals surface area (Å²) in [7, 11) is 0. The summed E-state index contributed by atoms with van der Waals surface area (Å²) in [6.45, 7) is 7.07. The van der Waals surface area contributed by atoms with E-state index in [1.165, 1.54) is 23.1 Å². The van der Waals surface area contributed by atoms with Gasteiger partial charge in [0.15, 0.2) is 0 Å². The summed E-state index contributed by atoms with van der Waals surface area (Å²) in [5, 5.41) is 7.47. The summed E-state index contributed by atoms with van der Waals surface area (Å²) in [6, 6.07) is 14.7. The van der Waals surface area contributed by atoms with Crippen molar-refractivity contribution in [1.82, 2.24) is 10.3 Å². The first-order valence-electron chi connectivity index (χ1n) is 10.5. The predicted molar refractivity (Wildman–Crippen MR) is 122 cm³/mol. The Bertz CT molecular complexity index is 995. The number of carbonyl (C=O) groups excluding carboxylic acids is 1. The smallest absolute Gasteiger partial charge is 0.238 e. The van der Waals surface area contributed by atoms with Gasteiger partial charge in [-0.05, 0) is 67.1 Å². The van der Waals surface area contributed by atoms with Crippen molar-refractivity contribution in [3.63, 3.8) is 0 Å². The van der Waals surface area contributed by atoms with Crippen LogP contribution in [0.25, 0.3) is 20.8 Å². The van der Waals surface area contributed by atoms with Gasteiger partial charge in [-0.3, -0.25) is 4.79 Å². The van der Waals surface area contributed by atoms with Gasteiger partial charge in [-0.25, -0.2) is 4.98 Å². The van der Waals surface area contributed by atoms with E-state index in [0.717, 1.165) is 34.1 Å². The van der Waals surface area contributed by atoms with E-state index in [-0.39, 0.29) is 5.91 Å². The van der Waals surface area contributed by atoms with Crippen LogP contribution in [0.15, 0.2) is 42.5 Å². The maximum absolute atomic E-state index is 12.4. The molecule has 0 aliphatic heterocycles. The lowest BCUT2D eigenvalue weighted by molar-refractivity contribution is -0.115. The maximum Gasteiger partial charge on any atom is 0.238 e. The molecule has 1 saturated carbocycles. The van der Waals surface area contributed by atoms with Gasteiger partial charge < -0.3 is 10.6 Å². The van der Waals surface area contributed by atoms with E-state index >= 15 is 0 Å². The van der Waals surface area contributed by atoms with E-state index in [4.69, 9.17) is 4.98 Å². The number of nitrogens with one attached hydrogen (secondary N) is 2. The van der Waals surface area contributed by atoms with Crippen LogP contribution in [0, 0.1) is 18.8 Å². The first-order chi connectivity index (χ1) is 14.0. The van der Waals surface area contributed by atoms with Crippen LogP contribution in [0.2, 0.25) is 0 Å². The van der Waals surface area contributed by atoms with E-state index in [0.29, 0.717) is 18.5 Å². The Morgan fingerprint density at radius 3 is 2.72 bits per heavy atom. The molecule has 3 atom stereocenters. The predicted octanol–water partition coefficient (Wildman–Crippen LogP) is 5.62. The number of aryl methyl sites for hydroxylation is 1. The van der Waals surface area contributed by atoms with E-state index in [1.54, 1.807) is 11.3 Å². The number of hydrogen-bond acceptors (Lipinski definition) is 4. The Morgan fingerprint density at radius 1 is 1.14 bits per heavy atom. The van der Waals surface area contributed by atoms with Gasteiger partial charge in [0.05, 0.1) is 16.8 Å². The van der Waals surface area contributed by atoms with E-state index in [1.807, 2.05) is 24.3 Å². The zero-order valence-electron chi connectivity index (χ0n) is 17.4. The quantitative estimate of drug-likeness (QED) is 0.577. The molecule has 1 amide bonds. The molecule has 1 fully saturated rings. The molecule has 0 saturated heterocycles. The molecule has 0 radical (unpaired) electrons. The third kappa shape index (κ3) is 4.68. The van der Waals surface area contributed by atoms with Gasteiger partial charge in [0.25, 0.3) is 0 Å². The second-order valence-corrected chi connectivity index (χ2v) is 9.40. The number of amides is 1. The van der Waals surface area contributed by atoms with Crippen molar-refractivity contribution in [2.75, 3.05) is 11.9 Å². The molecule has 29 heavy (non-hydrogen) atoms. The summed E-state index contributed by atoms with van der Waals surface area (Å²) in [6.07, 6.45) is 3.71. The Labute approximate surface area is 176 Å². The third-order valence-electron chi connectivity index (χ3n) is 6.19. The van der Waals surface area contributed by atoms with Crippen LogP contribution in [0.4, 0.5) is 5.69 Å². The van der Waals surface area contributed by atoms with Crippen molar-refractivity contribution in [1.29, 1.82) is 0 Å². The lowest BCUT2D eigenvalue weighted by atomic mass is 9.78. The fraction of sp³-hybridized carbons (Fsp3) is 0.417. The van der Waals surface area contributed by atoms with Crippen molar-refractivity contribution < 1.29 is 4.79 Å². The monoisotopic (exact) mass is 407 g/mol. The van der Waals surface area contributed by atoms with E-state index in [2.05, 4.69) is 49.6 Å². The molecule has 5 heteroatoms. The summed E-state index contributed by atoms with van der Waals surface area (Å²) >= 11 is 1.70. The molecule has 3 unspecified atom stereocenters. The highest BCUT2D eigenvalue weighted by atomic mass is 32.1. The number of carbonyl (C=O) groups is 1. The zero-order valence-corrected chi connectivity index (χ0v) is 18.2. The van der Waals surface area contributed by atoms with Gasteiger partial charge in [-0.1, -0.05) is 32.8 Å². The lowest BCUT2D eigenvalue weighted by Crippen LogP contribution is -2.43. The fourth-order valence-corrected chi connectivity index (χ4v) is 5.22. The van der Waals surface area contributed by atoms with E-state index in [9.17, 15) is 4.79 Å².